The average molecular weight is 656 g/mol. The van der Waals surface area contributed by atoms with Crippen molar-refractivity contribution in [2.75, 3.05) is 66.1 Å². The van der Waals surface area contributed by atoms with Gasteiger partial charge in [-0.25, -0.2) is 0 Å². The number of hydrogen-bond acceptors (Lipinski definition) is 7. The number of aromatic nitrogens is 1. The molecule has 2 aliphatic heterocycles. The minimum absolute atomic E-state index is 0.128. The average Bonchev–Trinajstić information content (AvgIpc) is 3.59. The van der Waals surface area contributed by atoms with Gasteiger partial charge in [0.1, 0.15) is 11.2 Å². The van der Waals surface area contributed by atoms with Crippen LogP contribution in [0.25, 0.3) is 0 Å². The SMILES string of the molecule is CCCN(CCCCOCCCN1CC[C@@H](C(C(N)=O)(c2ccccc2)c2ccccc2)C1)C1CCN(Cc2cnccc2OC)CC1. The summed E-state index contributed by atoms with van der Waals surface area (Å²) >= 11 is 0. The number of amides is 1. The Morgan fingerprint density at radius 2 is 1.56 bits per heavy atom. The Balaban J connectivity index is 1.00. The number of carbonyl (C=O) groups excluding carboxylic acids is 1. The fourth-order valence-electron chi connectivity index (χ4n) is 8.11. The highest BCUT2D eigenvalue weighted by Gasteiger charge is 2.49. The lowest BCUT2D eigenvalue weighted by Crippen LogP contribution is -2.49. The van der Waals surface area contributed by atoms with Gasteiger partial charge in [-0.15, -0.1) is 0 Å². The van der Waals surface area contributed by atoms with Gasteiger partial charge in [-0.05, 0) is 101 Å². The highest BCUT2D eigenvalue weighted by atomic mass is 16.5. The third-order valence-corrected chi connectivity index (χ3v) is 10.5. The fourth-order valence-corrected chi connectivity index (χ4v) is 8.11. The van der Waals surface area contributed by atoms with Gasteiger partial charge < -0.3 is 25.0 Å². The molecule has 1 atom stereocenters. The van der Waals surface area contributed by atoms with Crippen molar-refractivity contribution in [2.24, 2.45) is 11.7 Å². The molecule has 1 aromatic heterocycles. The molecule has 8 nitrogen and oxygen atoms in total. The standard InChI is InChI=1S/C40H57N5O3/c1-3-22-45(37-19-26-44(27-20-37)31-33-30-42-21-17-38(33)47-2)24-10-11-28-48-29-12-23-43-25-18-36(32-43)40(39(41)46,34-13-6-4-7-14-34)35-15-8-5-9-16-35/h4-9,13-17,21,30,36-37H,3,10-12,18-20,22-29,31-32H2,1-2H3,(H2,41,46)/t36-/m1/s1. The number of nitrogens with zero attached hydrogens (tertiary/aromatic N) is 4. The molecule has 3 aromatic rings. The Morgan fingerprint density at radius 3 is 2.21 bits per heavy atom. The first-order valence-corrected chi connectivity index (χ1v) is 18.2. The van der Waals surface area contributed by atoms with Crippen LogP contribution in [0.2, 0.25) is 0 Å². The monoisotopic (exact) mass is 655 g/mol. The number of carbonyl (C=O) groups is 1. The zero-order valence-corrected chi connectivity index (χ0v) is 29.3. The second-order valence-electron chi connectivity index (χ2n) is 13.6. The maximum Gasteiger partial charge on any atom is 0.232 e. The van der Waals surface area contributed by atoms with E-state index in [-0.39, 0.29) is 11.8 Å². The van der Waals surface area contributed by atoms with Gasteiger partial charge >= 0.3 is 0 Å². The molecule has 0 bridgehead atoms. The van der Waals surface area contributed by atoms with E-state index in [1.54, 1.807) is 13.3 Å². The summed E-state index contributed by atoms with van der Waals surface area (Å²) in [4.78, 5) is 25.4. The lowest BCUT2D eigenvalue weighted by Gasteiger charge is -2.38. The zero-order valence-electron chi connectivity index (χ0n) is 29.3. The summed E-state index contributed by atoms with van der Waals surface area (Å²) < 4.78 is 11.6. The summed E-state index contributed by atoms with van der Waals surface area (Å²) in [5, 5.41) is 0. The Kier molecular flexibility index (Phi) is 13.8. The zero-order chi connectivity index (χ0) is 33.6. The predicted octanol–water partition coefficient (Wildman–Crippen LogP) is 5.75. The molecule has 0 unspecified atom stereocenters. The number of hydrogen-bond donors (Lipinski definition) is 1. The molecule has 5 rings (SSSR count). The van der Waals surface area contributed by atoms with Crippen LogP contribution in [-0.4, -0.2) is 97.8 Å². The summed E-state index contributed by atoms with van der Waals surface area (Å²) in [6.45, 7) is 12.2. The molecule has 0 radical (unpaired) electrons. The van der Waals surface area contributed by atoms with Crippen LogP contribution in [0.15, 0.2) is 79.1 Å². The second kappa shape index (κ2) is 18.5. The third kappa shape index (κ3) is 9.03. The molecule has 2 aliphatic rings. The Labute approximate surface area is 288 Å². The van der Waals surface area contributed by atoms with Crippen molar-refractivity contribution in [3.05, 3.63) is 95.8 Å². The molecule has 2 aromatic carbocycles. The number of primary amides is 1. The predicted molar refractivity (Wildman–Crippen MR) is 193 cm³/mol. The molecular formula is C40H57N5O3. The maximum absolute atomic E-state index is 13.3. The molecule has 0 spiro atoms. The minimum atomic E-state index is -0.829. The molecule has 3 heterocycles. The number of ether oxygens (including phenoxy) is 2. The number of rotatable bonds is 19. The highest BCUT2D eigenvalue weighted by Crippen LogP contribution is 2.43. The molecule has 8 heteroatoms. The molecule has 260 valence electrons. The number of piperidine rings is 1. The number of benzene rings is 2. The van der Waals surface area contributed by atoms with Gasteiger partial charge in [0.2, 0.25) is 5.91 Å². The summed E-state index contributed by atoms with van der Waals surface area (Å²) in [6, 6.07) is 22.9. The van der Waals surface area contributed by atoms with Crippen LogP contribution in [0.3, 0.4) is 0 Å². The molecule has 1 amide bonds. The van der Waals surface area contributed by atoms with E-state index in [2.05, 4.69) is 50.9 Å². The quantitative estimate of drug-likeness (QED) is 0.165. The van der Waals surface area contributed by atoms with E-state index < -0.39 is 5.41 Å². The van der Waals surface area contributed by atoms with E-state index in [1.165, 1.54) is 37.8 Å². The Morgan fingerprint density at radius 1 is 0.896 bits per heavy atom. The lowest BCUT2D eigenvalue weighted by molar-refractivity contribution is -0.123. The molecule has 0 saturated carbocycles. The number of nitrogens with two attached hydrogens (primary N) is 1. The Hall–Kier alpha value is -3.30. The van der Waals surface area contributed by atoms with Crippen molar-refractivity contribution in [3.63, 3.8) is 0 Å². The lowest BCUT2D eigenvalue weighted by atomic mass is 9.64. The molecule has 2 saturated heterocycles. The van der Waals surface area contributed by atoms with E-state index in [4.69, 9.17) is 15.2 Å². The van der Waals surface area contributed by atoms with Crippen molar-refractivity contribution >= 4 is 5.91 Å². The van der Waals surface area contributed by atoms with E-state index in [9.17, 15) is 4.79 Å². The summed E-state index contributed by atoms with van der Waals surface area (Å²) in [6.07, 6.45) is 11.6. The molecule has 2 fully saturated rings. The van der Waals surface area contributed by atoms with Crippen molar-refractivity contribution in [1.82, 2.24) is 19.7 Å². The molecule has 0 aliphatic carbocycles. The van der Waals surface area contributed by atoms with Crippen LogP contribution in [-0.2, 0) is 21.5 Å². The van der Waals surface area contributed by atoms with Crippen LogP contribution < -0.4 is 10.5 Å². The number of pyridine rings is 1. The smallest absolute Gasteiger partial charge is 0.232 e. The van der Waals surface area contributed by atoms with Crippen LogP contribution in [0.1, 0.15) is 68.6 Å². The largest absolute Gasteiger partial charge is 0.496 e. The van der Waals surface area contributed by atoms with Gasteiger partial charge in [0.15, 0.2) is 0 Å². The Bertz CT molecular complexity index is 1330. The minimum Gasteiger partial charge on any atom is -0.496 e. The first-order chi connectivity index (χ1) is 23.6. The van der Waals surface area contributed by atoms with Gasteiger partial charge in [-0.1, -0.05) is 67.6 Å². The summed E-state index contributed by atoms with van der Waals surface area (Å²) in [5.74, 6) is 0.796. The number of methoxy groups -OCH3 is 1. The number of unbranched alkanes of at least 4 members (excludes halogenated alkanes) is 1. The van der Waals surface area contributed by atoms with Gasteiger partial charge in [-0.3, -0.25) is 14.7 Å². The van der Waals surface area contributed by atoms with Gasteiger partial charge in [0.05, 0.1) is 7.11 Å². The summed E-state index contributed by atoms with van der Waals surface area (Å²) in [5.41, 5.74) is 8.59. The third-order valence-electron chi connectivity index (χ3n) is 10.5. The van der Waals surface area contributed by atoms with Crippen molar-refractivity contribution in [3.8, 4) is 5.75 Å². The summed E-state index contributed by atoms with van der Waals surface area (Å²) in [7, 11) is 1.74. The second-order valence-corrected chi connectivity index (χ2v) is 13.6. The molecule has 2 N–H and O–H groups in total. The van der Waals surface area contributed by atoms with Crippen LogP contribution in [0.4, 0.5) is 0 Å². The molecule has 48 heavy (non-hydrogen) atoms. The van der Waals surface area contributed by atoms with Crippen molar-refractivity contribution in [2.45, 2.75) is 69.9 Å². The normalized spacial score (nSPS) is 18.0. The van der Waals surface area contributed by atoms with Crippen LogP contribution in [0.5, 0.6) is 5.75 Å². The van der Waals surface area contributed by atoms with E-state index in [0.717, 1.165) is 95.2 Å². The molecular weight excluding hydrogens is 598 g/mol. The first-order valence-electron chi connectivity index (χ1n) is 18.2. The van der Waals surface area contributed by atoms with Gasteiger partial charge in [0, 0.05) is 56.8 Å². The van der Waals surface area contributed by atoms with Gasteiger partial charge in [0.25, 0.3) is 0 Å². The van der Waals surface area contributed by atoms with E-state index in [0.29, 0.717) is 6.04 Å². The highest BCUT2D eigenvalue weighted by molar-refractivity contribution is 5.91. The van der Waals surface area contributed by atoms with Crippen LogP contribution >= 0.6 is 0 Å². The van der Waals surface area contributed by atoms with E-state index >= 15 is 0 Å². The topological polar surface area (TPSA) is 84.2 Å². The van der Waals surface area contributed by atoms with Crippen LogP contribution in [0, 0.1) is 5.92 Å². The number of likely N-dealkylation sites (tertiary alicyclic amines) is 2. The van der Waals surface area contributed by atoms with Crippen molar-refractivity contribution in [1.29, 1.82) is 0 Å². The first kappa shape index (κ1) is 36.0. The van der Waals surface area contributed by atoms with Gasteiger partial charge in [-0.2, -0.15) is 0 Å². The van der Waals surface area contributed by atoms with Crippen molar-refractivity contribution < 1.29 is 14.3 Å². The maximum atomic E-state index is 13.3. The van der Waals surface area contributed by atoms with E-state index in [1.807, 2.05) is 48.7 Å². The fraction of sp³-hybridized carbons (Fsp3) is 0.550.